The molecule has 2 unspecified atom stereocenters. The van der Waals surface area contributed by atoms with Crippen molar-refractivity contribution in [1.29, 1.82) is 0 Å². The van der Waals surface area contributed by atoms with Crippen molar-refractivity contribution in [3.05, 3.63) is 34.9 Å². The molecule has 2 N–H and O–H groups in total. The number of methoxy groups -OCH3 is 1. The van der Waals surface area contributed by atoms with Crippen LogP contribution in [0.15, 0.2) is 24.3 Å². The van der Waals surface area contributed by atoms with Gasteiger partial charge in [-0.3, -0.25) is 14.4 Å². The van der Waals surface area contributed by atoms with Crippen molar-refractivity contribution >= 4 is 29.4 Å². The summed E-state index contributed by atoms with van der Waals surface area (Å²) < 4.78 is 4.71. The van der Waals surface area contributed by atoms with E-state index >= 15 is 0 Å². The first kappa shape index (κ1) is 20.2. The third-order valence-electron chi connectivity index (χ3n) is 4.67. The van der Waals surface area contributed by atoms with Crippen LogP contribution in [0.2, 0.25) is 5.02 Å². The van der Waals surface area contributed by atoms with Crippen LogP contribution < -0.4 is 10.6 Å². The van der Waals surface area contributed by atoms with Crippen LogP contribution >= 0.6 is 11.6 Å². The number of hydrogen-bond acceptors (Lipinski definition) is 4. The van der Waals surface area contributed by atoms with Crippen molar-refractivity contribution in [3.63, 3.8) is 0 Å². The minimum atomic E-state index is -0.703. The Labute approximate surface area is 158 Å². The Morgan fingerprint density at radius 3 is 2.46 bits per heavy atom. The fourth-order valence-corrected chi connectivity index (χ4v) is 3.40. The van der Waals surface area contributed by atoms with Gasteiger partial charge < -0.3 is 15.4 Å². The molecule has 0 aromatic heterocycles. The molecule has 2 rings (SSSR count). The molecule has 0 saturated heterocycles. The van der Waals surface area contributed by atoms with Crippen LogP contribution in [-0.2, 0) is 19.1 Å². The molecule has 1 fully saturated rings. The second-order valence-electron chi connectivity index (χ2n) is 6.57. The highest BCUT2D eigenvalue weighted by Gasteiger charge is 2.27. The maximum atomic E-state index is 12.5. The first-order valence-electron chi connectivity index (χ1n) is 8.84. The maximum absolute atomic E-state index is 12.5. The van der Waals surface area contributed by atoms with Gasteiger partial charge in [0.1, 0.15) is 6.04 Å². The van der Waals surface area contributed by atoms with Crippen molar-refractivity contribution in [2.24, 2.45) is 5.92 Å². The number of benzene rings is 1. The van der Waals surface area contributed by atoms with E-state index in [0.29, 0.717) is 10.6 Å². The molecule has 2 atom stereocenters. The van der Waals surface area contributed by atoms with Gasteiger partial charge in [0, 0.05) is 10.9 Å². The van der Waals surface area contributed by atoms with Gasteiger partial charge in [-0.05, 0) is 31.4 Å². The SMILES string of the molecule is COC(=O)CC(NC(=O)C(C)NC(=O)C1CCCC1)c1ccccc1Cl. The summed E-state index contributed by atoms with van der Waals surface area (Å²) in [7, 11) is 1.29. The van der Waals surface area contributed by atoms with Gasteiger partial charge in [-0.1, -0.05) is 42.6 Å². The van der Waals surface area contributed by atoms with E-state index in [1.807, 2.05) is 0 Å². The lowest BCUT2D eigenvalue weighted by molar-refractivity contribution is -0.141. The molecular formula is C19H25ClN2O4. The number of nitrogens with one attached hydrogen (secondary N) is 2. The van der Waals surface area contributed by atoms with Crippen LogP contribution in [-0.4, -0.2) is 30.9 Å². The molecule has 0 bridgehead atoms. The number of amides is 2. The van der Waals surface area contributed by atoms with E-state index in [-0.39, 0.29) is 24.2 Å². The molecule has 1 saturated carbocycles. The molecule has 0 spiro atoms. The van der Waals surface area contributed by atoms with Crippen LogP contribution in [0, 0.1) is 5.92 Å². The number of rotatable bonds is 7. The van der Waals surface area contributed by atoms with Crippen LogP contribution in [0.3, 0.4) is 0 Å². The number of carbonyl (C=O) groups is 3. The fourth-order valence-electron chi connectivity index (χ4n) is 3.13. The zero-order chi connectivity index (χ0) is 19.1. The van der Waals surface area contributed by atoms with Gasteiger partial charge in [0.25, 0.3) is 0 Å². The van der Waals surface area contributed by atoms with Crippen molar-refractivity contribution < 1.29 is 19.1 Å². The summed E-state index contributed by atoms with van der Waals surface area (Å²) in [5.41, 5.74) is 0.627. The highest BCUT2D eigenvalue weighted by Crippen LogP contribution is 2.26. The molecular weight excluding hydrogens is 356 g/mol. The normalized spacial score (nSPS) is 16.6. The van der Waals surface area contributed by atoms with Crippen molar-refractivity contribution in [1.82, 2.24) is 10.6 Å². The van der Waals surface area contributed by atoms with Gasteiger partial charge in [0.15, 0.2) is 0 Å². The topological polar surface area (TPSA) is 84.5 Å². The lowest BCUT2D eigenvalue weighted by Crippen LogP contribution is -2.47. The summed E-state index contributed by atoms with van der Waals surface area (Å²) in [5, 5.41) is 6.00. The summed E-state index contributed by atoms with van der Waals surface area (Å²) in [6.07, 6.45) is 3.78. The Bertz CT molecular complexity index is 659. The Morgan fingerprint density at radius 1 is 1.19 bits per heavy atom. The van der Waals surface area contributed by atoms with Crippen LogP contribution in [0.4, 0.5) is 0 Å². The van der Waals surface area contributed by atoms with Crippen molar-refractivity contribution in [2.45, 2.75) is 51.1 Å². The second-order valence-corrected chi connectivity index (χ2v) is 6.98. The average Bonchev–Trinajstić information content (AvgIpc) is 3.16. The third-order valence-corrected chi connectivity index (χ3v) is 5.02. The third kappa shape index (κ3) is 5.46. The fraction of sp³-hybridized carbons (Fsp3) is 0.526. The molecule has 0 radical (unpaired) electrons. The molecule has 0 heterocycles. The Balaban J connectivity index is 2.03. The predicted molar refractivity (Wildman–Crippen MR) is 98.5 cm³/mol. The van der Waals surface area contributed by atoms with E-state index in [4.69, 9.17) is 16.3 Å². The average molecular weight is 381 g/mol. The quantitative estimate of drug-likeness (QED) is 0.712. The molecule has 0 aliphatic heterocycles. The summed E-state index contributed by atoms with van der Waals surface area (Å²) >= 11 is 6.21. The zero-order valence-electron chi connectivity index (χ0n) is 15.1. The standard InChI is InChI=1S/C19H25ClN2O4/c1-12(21-19(25)13-7-3-4-8-13)18(24)22-16(11-17(23)26-2)14-9-5-6-10-15(14)20/h5-6,9-10,12-13,16H,3-4,7-8,11H2,1-2H3,(H,21,25)(H,22,24). The minimum absolute atomic E-state index is 0.0142. The molecule has 1 aliphatic carbocycles. The summed E-state index contributed by atoms with van der Waals surface area (Å²) in [5.74, 6) is -0.935. The molecule has 7 heteroatoms. The van der Waals surface area contributed by atoms with E-state index in [1.165, 1.54) is 7.11 Å². The van der Waals surface area contributed by atoms with Crippen molar-refractivity contribution in [2.75, 3.05) is 7.11 Å². The number of carbonyl (C=O) groups excluding carboxylic acids is 3. The van der Waals surface area contributed by atoms with Crippen LogP contribution in [0.5, 0.6) is 0 Å². The number of ether oxygens (including phenoxy) is 1. The monoisotopic (exact) mass is 380 g/mol. The number of esters is 1. The highest BCUT2D eigenvalue weighted by molar-refractivity contribution is 6.31. The summed E-state index contributed by atoms with van der Waals surface area (Å²) in [4.78, 5) is 36.5. The van der Waals surface area contributed by atoms with Crippen molar-refractivity contribution in [3.8, 4) is 0 Å². The molecule has 1 aromatic carbocycles. The van der Waals surface area contributed by atoms with E-state index in [0.717, 1.165) is 25.7 Å². The minimum Gasteiger partial charge on any atom is -0.469 e. The molecule has 142 valence electrons. The largest absolute Gasteiger partial charge is 0.469 e. The van der Waals surface area contributed by atoms with E-state index in [2.05, 4.69) is 10.6 Å². The van der Waals surface area contributed by atoms with Gasteiger partial charge in [-0.25, -0.2) is 0 Å². The maximum Gasteiger partial charge on any atom is 0.307 e. The van der Waals surface area contributed by atoms with E-state index in [9.17, 15) is 14.4 Å². The number of hydrogen-bond donors (Lipinski definition) is 2. The highest BCUT2D eigenvalue weighted by atomic mass is 35.5. The first-order chi connectivity index (χ1) is 12.4. The summed E-state index contributed by atoms with van der Waals surface area (Å²) in [6.45, 7) is 1.63. The van der Waals surface area contributed by atoms with Crippen LogP contribution in [0.25, 0.3) is 0 Å². The summed E-state index contributed by atoms with van der Waals surface area (Å²) in [6, 6.07) is 5.66. The van der Waals surface area contributed by atoms with Gasteiger partial charge >= 0.3 is 5.97 Å². The smallest absolute Gasteiger partial charge is 0.307 e. The first-order valence-corrected chi connectivity index (χ1v) is 9.22. The van der Waals surface area contributed by atoms with Gasteiger partial charge in [0.2, 0.25) is 11.8 Å². The van der Waals surface area contributed by atoms with E-state index in [1.54, 1.807) is 31.2 Å². The lowest BCUT2D eigenvalue weighted by Gasteiger charge is -2.23. The second kappa shape index (κ2) is 9.57. The Morgan fingerprint density at radius 2 is 1.85 bits per heavy atom. The molecule has 26 heavy (non-hydrogen) atoms. The molecule has 6 nitrogen and oxygen atoms in total. The Kier molecular flexibility index (Phi) is 7.45. The molecule has 2 amide bonds. The van der Waals surface area contributed by atoms with Crippen LogP contribution in [0.1, 0.15) is 50.6 Å². The van der Waals surface area contributed by atoms with E-state index < -0.39 is 18.1 Å². The lowest BCUT2D eigenvalue weighted by atomic mass is 10.0. The predicted octanol–water partition coefficient (Wildman–Crippen LogP) is 2.76. The van der Waals surface area contributed by atoms with Gasteiger partial charge in [0.05, 0.1) is 19.6 Å². The molecule has 1 aromatic rings. The zero-order valence-corrected chi connectivity index (χ0v) is 15.8. The number of halogens is 1. The molecule has 1 aliphatic rings. The van der Waals surface area contributed by atoms with Gasteiger partial charge in [-0.2, -0.15) is 0 Å². The Hall–Kier alpha value is -2.08. The van der Waals surface area contributed by atoms with Gasteiger partial charge in [-0.15, -0.1) is 0 Å².